The van der Waals surface area contributed by atoms with Crippen LogP contribution in [0.25, 0.3) is 0 Å². The summed E-state index contributed by atoms with van der Waals surface area (Å²) >= 11 is 9.78. The highest BCUT2D eigenvalue weighted by atomic mass is 79.9. The summed E-state index contributed by atoms with van der Waals surface area (Å²) in [6, 6.07) is 12.0. The molecule has 0 radical (unpaired) electrons. The van der Waals surface area contributed by atoms with Gasteiger partial charge in [0, 0.05) is 21.6 Å². The first-order chi connectivity index (χ1) is 10.1. The second kappa shape index (κ2) is 7.83. The van der Waals surface area contributed by atoms with Gasteiger partial charge in [0.2, 0.25) is 0 Å². The normalized spacial score (nSPS) is 10.7. The molecule has 2 aromatic carbocycles. The van der Waals surface area contributed by atoms with Crippen molar-refractivity contribution in [3.63, 3.8) is 0 Å². The topological polar surface area (TPSA) is 21.3 Å². The van der Waals surface area contributed by atoms with Gasteiger partial charge in [0.15, 0.2) is 0 Å². The van der Waals surface area contributed by atoms with Crippen LogP contribution in [0.2, 0.25) is 5.02 Å². The fourth-order valence-electron chi connectivity index (χ4n) is 1.97. The van der Waals surface area contributed by atoms with Gasteiger partial charge in [0.1, 0.15) is 12.4 Å². The van der Waals surface area contributed by atoms with E-state index in [4.69, 9.17) is 16.3 Å². The summed E-state index contributed by atoms with van der Waals surface area (Å²) in [6.07, 6.45) is 0. The molecule has 112 valence electrons. The second-order valence-electron chi connectivity index (χ2n) is 4.92. The highest BCUT2D eigenvalue weighted by molar-refractivity contribution is 9.10. The fourth-order valence-corrected chi connectivity index (χ4v) is 2.64. The van der Waals surface area contributed by atoms with Crippen LogP contribution >= 0.6 is 27.5 Å². The maximum absolute atomic E-state index is 6.22. The van der Waals surface area contributed by atoms with E-state index in [1.54, 1.807) is 0 Å². The molecular weight excluding hydrogens is 350 g/mol. The number of benzene rings is 2. The quantitative estimate of drug-likeness (QED) is 0.766. The van der Waals surface area contributed by atoms with Crippen LogP contribution in [0.1, 0.15) is 23.6 Å². The lowest BCUT2D eigenvalue weighted by molar-refractivity contribution is 0.306. The van der Waals surface area contributed by atoms with E-state index >= 15 is 0 Å². The Hall–Kier alpha value is -1.03. The van der Waals surface area contributed by atoms with Crippen molar-refractivity contribution in [1.29, 1.82) is 0 Å². The molecule has 2 aromatic rings. The van der Waals surface area contributed by atoms with Gasteiger partial charge in [-0.1, -0.05) is 46.6 Å². The number of halogens is 2. The minimum atomic E-state index is 0.474. The molecule has 4 heteroatoms. The molecule has 21 heavy (non-hydrogen) atoms. The minimum absolute atomic E-state index is 0.474. The number of ether oxygens (including phenoxy) is 1. The summed E-state index contributed by atoms with van der Waals surface area (Å²) in [5.74, 6) is 0.850. The van der Waals surface area contributed by atoms with E-state index in [1.807, 2.05) is 37.3 Å². The maximum atomic E-state index is 6.22. The molecule has 2 rings (SSSR count). The van der Waals surface area contributed by atoms with Gasteiger partial charge in [-0.15, -0.1) is 0 Å². The van der Waals surface area contributed by atoms with Crippen molar-refractivity contribution in [3.8, 4) is 5.75 Å². The second-order valence-corrected chi connectivity index (χ2v) is 6.18. The van der Waals surface area contributed by atoms with Gasteiger partial charge in [-0.3, -0.25) is 0 Å². The molecule has 0 fully saturated rings. The zero-order valence-corrected chi connectivity index (χ0v) is 14.6. The van der Waals surface area contributed by atoms with Crippen LogP contribution in [0.15, 0.2) is 40.9 Å². The van der Waals surface area contributed by atoms with Crippen molar-refractivity contribution in [2.75, 3.05) is 6.54 Å². The molecule has 0 aromatic heterocycles. The minimum Gasteiger partial charge on any atom is -0.489 e. The van der Waals surface area contributed by atoms with Crippen LogP contribution in [0.3, 0.4) is 0 Å². The van der Waals surface area contributed by atoms with Gasteiger partial charge in [-0.25, -0.2) is 0 Å². The van der Waals surface area contributed by atoms with Gasteiger partial charge in [-0.2, -0.15) is 0 Å². The zero-order valence-electron chi connectivity index (χ0n) is 12.2. The molecule has 0 aliphatic heterocycles. The van der Waals surface area contributed by atoms with Crippen LogP contribution in [-0.2, 0) is 13.2 Å². The average Bonchev–Trinajstić information content (AvgIpc) is 2.46. The monoisotopic (exact) mass is 367 g/mol. The van der Waals surface area contributed by atoms with E-state index in [1.165, 1.54) is 5.56 Å². The van der Waals surface area contributed by atoms with Crippen LogP contribution in [0, 0.1) is 6.92 Å². The Balaban J connectivity index is 2.05. The van der Waals surface area contributed by atoms with Crippen LogP contribution in [0.5, 0.6) is 5.75 Å². The standard InChI is InChI=1S/C17H19BrClNO/c1-3-20-10-14-9-15(6-7-16(14)18)21-11-13-5-4-12(2)8-17(13)19/h4-9,20H,3,10-11H2,1-2H3. The summed E-state index contributed by atoms with van der Waals surface area (Å²) in [5, 5.41) is 4.07. The molecule has 0 saturated carbocycles. The molecule has 0 amide bonds. The van der Waals surface area contributed by atoms with Gasteiger partial charge in [0.05, 0.1) is 0 Å². The zero-order chi connectivity index (χ0) is 15.2. The first kappa shape index (κ1) is 16.3. The van der Waals surface area contributed by atoms with E-state index in [0.29, 0.717) is 6.61 Å². The smallest absolute Gasteiger partial charge is 0.120 e. The summed E-state index contributed by atoms with van der Waals surface area (Å²) in [4.78, 5) is 0. The first-order valence-electron chi connectivity index (χ1n) is 6.97. The maximum Gasteiger partial charge on any atom is 0.120 e. The third-order valence-corrected chi connectivity index (χ3v) is 4.31. The van der Waals surface area contributed by atoms with Crippen molar-refractivity contribution in [1.82, 2.24) is 5.32 Å². The van der Waals surface area contributed by atoms with Crippen molar-refractivity contribution in [2.45, 2.75) is 27.0 Å². The van der Waals surface area contributed by atoms with Crippen LogP contribution in [0.4, 0.5) is 0 Å². The Morgan fingerprint density at radius 2 is 1.95 bits per heavy atom. The van der Waals surface area contributed by atoms with Crippen molar-refractivity contribution < 1.29 is 4.74 Å². The number of rotatable bonds is 6. The predicted octanol–water partition coefficient (Wildman–Crippen LogP) is 5.10. The van der Waals surface area contributed by atoms with Crippen molar-refractivity contribution in [2.24, 2.45) is 0 Å². The molecule has 0 aliphatic rings. The summed E-state index contributed by atoms with van der Waals surface area (Å²) in [7, 11) is 0. The lowest BCUT2D eigenvalue weighted by atomic mass is 10.1. The molecule has 0 aliphatic carbocycles. The molecule has 0 bridgehead atoms. The highest BCUT2D eigenvalue weighted by Crippen LogP contribution is 2.24. The summed E-state index contributed by atoms with van der Waals surface area (Å²) < 4.78 is 6.94. The predicted molar refractivity (Wildman–Crippen MR) is 92.0 cm³/mol. The molecule has 0 spiro atoms. The van der Waals surface area contributed by atoms with E-state index in [0.717, 1.165) is 39.5 Å². The van der Waals surface area contributed by atoms with Gasteiger partial charge < -0.3 is 10.1 Å². The van der Waals surface area contributed by atoms with Gasteiger partial charge in [0.25, 0.3) is 0 Å². The van der Waals surface area contributed by atoms with E-state index in [2.05, 4.69) is 34.2 Å². The van der Waals surface area contributed by atoms with E-state index in [-0.39, 0.29) is 0 Å². The Morgan fingerprint density at radius 3 is 2.67 bits per heavy atom. The van der Waals surface area contributed by atoms with Crippen LogP contribution < -0.4 is 10.1 Å². The summed E-state index contributed by atoms with van der Waals surface area (Å²) in [6.45, 7) is 6.35. The summed E-state index contributed by atoms with van der Waals surface area (Å²) in [5.41, 5.74) is 3.34. The molecular formula is C17H19BrClNO. The van der Waals surface area contributed by atoms with Crippen LogP contribution in [-0.4, -0.2) is 6.54 Å². The number of hydrogen-bond donors (Lipinski definition) is 1. The highest BCUT2D eigenvalue weighted by Gasteiger charge is 2.05. The first-order valence-corrected chi connectivity index (χ1v) is 8.14. The number of nitrogens with one attached hydrogen (secondary N) is 1. The molecule has 1 N–H and O–H groups in total. The third kappa shape index (κ3) is 4.73. The average molecular weight is 369 g/mol. The SMILES string of the molecule is CCNCc1cc(OCc2ccc(C)cc2Cl)ccc1Br. The van der Waals surface area contributed by atoms with Crippen molar-refractivity contribution in [3.05, 3.63) is 62.6 Å². The number of aryl methyl sites for hydroxylation is 1. The van der Waals surface area contributed by atoms with E-state index in [9.17, 15) is 0 Å². The Morgan fingerprint density at radius 1 is 1.14 bits per heavy atom. The Kier molecular flexibility index (Phi) is 6.09. The Bertz CT molecular complexity index is 616. The third-order valence-electron chi connectivity index (χ3n) is 3.19. The number of hydrogen-bond acceptors (Lipinski definition) is 2. The lowest BCUT2D eigenvalue weighted by Crippen LogP contribution is -2.12. The molecule has 0 heterocycles. The molecule has 0 unspecified atom stereocenters. The molecule has 0 saturated heterocycles. The largest absolute Gasteiger partial charge is 0.489 e. The van der Waals surface area contributed by atoms with Gasteiger partial charge >= 0.3 is 0 Å². The molecule has 2 nitrogen and oxygen atoms in total. The Labute approximate surface area is 139 Å². The molecule has 0 atom stereocenters. The lowest BCUT2D eigenvalue weighted by Gasteiger charge is -2.11. The fraction of sp³-hybridized carbons (Fsp3) is 0.294. The van der Waals surface area contributed by atoms with Gasteiger partial charge in [-0.05, 0) is 48.9 Å². The van der Waals surface area contributed by atoms with Crippen molar-refractivity contribution >= 4 is 27.5 Å². The van der Waals surface area contributed by atoms with E-state index < -0.39 is 0 Å².